The third-order valence-corrected chi connectivity index (χ3v) is 10.9. The van der Waals surface area contributed by atoms with Crippen molar-refractivity contribution in [3.8, 4) is 5.75 Å². The maximum absolute atomic E-state index is 11.5. The maximum Gasteiger partial charge on any atom is 0.386 e. The van der Waals surface area contributed by atoms with E-state index in [1.165, 1.54) is 0 Å². The molecule has 3 rings (SSSR count). The zero-order valence-corrected chi connectivity index (χ0v) is 23.9. The molecule has 3 aromatic rings. The van der Waals surface area contributed by atoms with E-state index < -0.39 is 20.3 Å². The first-order valence-electron chi connectivity index (χ1n) is 11.0. The number of alkyl halides is 1. The summed E-state index contributed by atoms with van der Waals surface area (Å²) in [5.74, 6) is -0.491. The summed E-state index contributed by atoms with van der Waals surface area (Å²) < 4.78 is 6.22. The van der Waals surface area contributed by atoms with Crippen molar-refractivity contribution >= 4 is 47.8 Å². The van der Waals surface area contributed by atoms with Crippen molar-refractivity contribution in [2.45, 2.75) is 44.2 Å². The molecule has 0 saturated carbocycles. The molecule has 0 N–H and O–H groups in total. The Morgan fingerprint density at radius 1 is 0.829 bits per heavy atom. The van der Waals surface area contributed by atoms with E-state index >= 15 is 0 Å². The fourth-order valence-corrected chi connectivity index (χ4v) is 4.32. The summed E-state index contributed by atoms with van der Waals surface area (Å²) in [5.41, 5.74) is 1.71. The monoisotopic (exact) mass is 576 g/mol. The predicted molar refractivity (Wildman–Crippen MR) is 146 cm³/mol. The molecule has 0 aliphatic heterocycles. The van der Waals surface area contributed by atoms with Crippen molar-refractivity contribution in [1.29, 1.82) is 0 Å². The zero-order chi connectivity index (χ0) is 26.1. The van der Waals surface area contributed by atoms with Gasteiger partial charge >= 0.3 is 11.9 Å². The lowest BCUT2D eigenvalue weighted by atomic mass is 10.2. The van der Waals surface area contributed by atoms with E-state index in [2.05, 4.69) is 59.6 Å². The molecule has 0 aromatic heterocycles. The van der Waals surface area contributed by atoms with E-state index in [-0.39, 0.29) is 5.04 Å². The number of carbonyl (C=O) groups is 2. The molecule has 35 heavy (non-hydrogen) atoms. The van der Waals surface area contributed by atoms with Crippen LogP contribution in [0.5, 0.6) is 5.75 Å². The number of hydrogen-bond acceptors (Lipinski definition) is 5. The topological polar surface area (TPSA) is 61.8 Å². The lowest BCUT2D eigenvalue weighted by Gasteiger charge is -2.36. The Hall–Kier alpha value is -2.61. The molecule has 0 heterocycles. The number of halogens is 2. The van der Waals surface area contributed by atoms with E-state index in [1.807, 2.05) is 18.2 Å². The molecular weight excluding hydrogens is 548 g/mol. The van der Waals surface area contributed by atoms with Crippen molar-refractivity contribution in [1.82, 2.24) is 0 Å². The van der Waals surface area contributed by atoms with Crippen LogP contribution in [-0.4, -0.2) is 20.3 Å². The average Bonchev–Trinajstić information content (AvgIpc) is 2.84. The van der Waals surface area contributed by atoms with E-state index in [1.54, 1.807) is 60.7 Å². The molecule has 5 nitrogen and oxygen atoms in total. The summed E-state index contributed by atoms with van der Waals surface area (Å²) >= 11 is 9.52. The van der Waals surface area contributed by atoms with Gasteiger partial charge in [-0.2, -0.15) is 0 Å². The SMILES string of the molecule is CC(C)(C)[Si](C)(C)Oc1ccc(Cl)c(CBr)c1.O=C(OOC(=O)c1ccccc1)c1ccccc1. The first kappa shape index (κ1) is 28.6. The Kier molecular flexibility index (Phi) is 10.6. The Morgan fingerprint density at radius 2 is 1.29 bits per heavy atom. The zero-order valence-electron chi connectivity index (χ0n) is 20.5. The van der Waals surface area contributed by atoms with E-state index in [9.17, 15) is 9.59 Å². The summed E-state index contributed by atoms with van der Waals surface area (Å²) in [6, 6.07) is 22.5. The second kappa shape index (κ2) is 12.9. The third kappa shape index (κ3) is 8.84. The van der Waals surface area contributed by atoms with E-state index in [0.29, 0.717) is 11.1 Å². The van der Waals surface area contributed by atoms with Crippen LogP contribution < -0.4 is 4.43 Å². The molecule has 0 radical (unpaired) electrons. The molecule has 3 aromatic carbocycles. The number of carbonyl (C=O) groups excluding carboxylic acids is 2. The molecule has 0 atom stereocenters. The van der Waals surface area contributed by atoms with Crippen LogP contribution in [0.15, 0.2) is 78.9 Å². The Morgan fingerprint density at radius 3 is 1.69 bits per heavy atom. The molecule has 0 aliphatic rings. The first-order chi connectivity index (χ1) is 16.4. The van der Waals surface area contributed by atoms with Gasteiger partial charge in [-0.1, -0.05) is 84.7 Å². The van der Waals surface area contributed by atoms with E-state index in [4.69, 9.17) is 16.0 Å². The second-order valence-corrected chi connectivity index (χ2v) is 14.9. The summed E-state index contributed by atoms with van der Waals surface area (Å²) in [6.45, 7) is 11.2. The summed E-state index contributed by atoms with van der Waals surface area (Å²) in [4.78, 5) is 31.9. The molecule has 0 aliphatic carbocycles. The van der Waals surface area contributed by atoms with Gasteiger partial charge < -0.3 is 4.43 Å². The standard InChI is InChI=1S/C14H10O4.C13H20BrClOSi/c15-13(11-7-3-1-4-8-11)17-18-14(16)12-9-5-2-6-10-12;1-13(2,3)17(4,5)16-11-6-7-12(15)10(8-11)9-14/h1-10H;6-8H,9H2,1-5H3. The Labute approximate surface area is 221 Å². The molecule has 186 valence electrons. The van der Waals surface area contributed by atoms with Gasteiger partial charge in [-0.15, -0.1) is 0 Å². The highest BCUT2D eigenvalue weighted by Gasteiger charge is 2.39. The van der Waals surface area contributed by atoms with Gasteiger partial charge in [-0.05, 0) is 66.2 Å². The quantitative estimate of drug-likeness (QED) is 0.132. The van der Waals surface area contributed by atoms with Gasteiger partial charge in [0.15, 0.2) is 0 Å². The molecule has 0 unspecified atom stereocenters. The average molecular weight is 578 g/mol. The van der Waals surface area contributed by atoms with Crippen molar-refractivity contribution in [3.05, 3.63) is 101 Å². The number of rotatable bonds is 5. The molecule has 0 amide bonds. The minimum atomic E-state index is -1.76. The number of benzene rings is 3. The van der Waals surface area contributed by atoms with Crippen molar-refractivity contribution in [3.63, 3.8) is 0 Å². The van der Waals surface area contributed by atoms with Crippen LogP contribution in [0.1, 0.15) is 47.1 Å². The molecule has 0 bridgehead atoms. The summed E-state index contributed by atoms with van der Waals surface area (Å²) in [6.07, 6.45) is 0. The smallest absolute Gasteiger partial charge is 0.386 e. The van der Waals surface area contributed by atoms with Gasteiger partial charge in [0, 0.05) is 10.4 Å². The minimum Gasteiger partial charge on any atom is -0.543 e. The van der Waals surface area contributed by atoms with Crippen LogP contribution in [0.3, 0.4) is 0 Å². The second-order valence-electron chi connectivity index (χ2n) is 9.22. The highest BCUT2D eigenvalue weighted by atomic mass is 79.9. The summed E-state index contributed by atoms with van der Waals surface area (Å²) in [5, 5.41) is 1.74. The lowest BCUT2D eigenvalue weighted by molar-refractivity contribution is -0.187. The summed E-state index contributed by atoms with van der Waals surface area (Å²) in [7, 11) is -1.76. The van der Waals surface area contributed by atoms with Gasteiger partial charge in [0.05, 0.1) is 11.1 Å². The van der Waals surface area contributed by atoms with Gasteiger partial charge in [0.1, 0.15) is 5.75 Å². The van der Waals surface area contributed by atoms with Crippen LogP contribution >= 0.6 is 27.5 Å². The largest absolute Gasteiger partial charge is 0.543 e. The third-order valence-electron chi connectivity index (χ3n) is 5.55. The molecule has 8 heteroatoms. The van der Waals surface area contributed by atoms with Crippen LogP contribution in [0, 0.1) is 0 Å². The molecule has 0 fully saturated rings. The van der Waals surface area contributed by atoms with E-state index in [0.717, 1.165) is 21.7 Å². The fourth-order valence-electron chi connectivity index (χ4n) is 2.49. The highest BCUT2D eigenvalue weighted by Crippen LogP contribution is 2.38. The lowest BCUT2D eigenvalue weighted by Crippen LogP contribution is -2.43. The van der Waals surface area contributed by atoms with Gasteiger partial charge in [0.25, 0.3) is 0 Å². The highest BCUT2D eigenvalue weighted by molar-refractivity contribution is 9.08. The van der Waals surface area contributed by atoms with Crippen molar-refractivity contribution < 1.29 is 23.8 Å². The normalized spacial score (nSPS) is 11.1. The minimum absolute atomic E-state index is 0.210. The van der Waals surface area contributed by atoms with Gasteiger partial charge in [0.2, 0.25) is 8.32 Å². The Balaban J connectivity index is 0.000000247. The fraction of sp³-hybridized carbons (Fsp3) is 0.259. The van der Waals surface area contributed by atoms with Crippen LogP contribution in [0.4, 0.5) is 0 Å². The molecule has 0 spiro atoms. The van der Waals surface area contributed by atoms with Gasteiger partial charge in [-0.3, -0.25) is 0 Å². The predicted octanol–water partition coefficient (Wildman–Crippen LogP) is 8.23. The van der Waals surface area contributed by atoms with Crippen LogP contribution in [0.25, 0.3) is 0 Å². The van der Waals surface area contributed by atoms with Crippen molar-refractivity contribution in [2.75, 3.05) is 0 Å². The van der Waals surface area contributed by atoms with Crippen LogP contribution in [0.2, 0.25) is 23.2 Å². The van der Waals surface area contributed by atoms with Gasteiger partial charge in [-0.25, -0.2) is 19.4 Å². The van der Waals surface area contributed by atoms with Crippen molar-refractivity contribution in [2.24, 2.45) is 0 Å². The van der Waals surface area contributed by atoms with Crippen LogP contribution in [-0.2, 0) is 15.1 Å². The molecular formula is C27H30BrClO5Si. The number of hydrogen-bond donors (Lipinski definition) is 0. The molecule has 0 saturated heterocycles. The Bertz CT molecular complexity index is 1060. The maximum atomic E-state index is 11.5. The first-order valence-corrected chi connectivity index (χ1v) is 15.4.